The fourth-order valence-electron chi connectivity index (χ4n) is 6.14. The first kappa shape index (κ1) is 16.5. The molecule has 2 aliphatic carbocycles. The number of carbonyl (C=O) groups is 1. The van der Waals surface area contributed by atoms with Crippen LogP contribution in [0.4, 0.5) is 0 Å². The SMILES string of the molecule is C=CCN1CC[C@]23c4c5ccc(COC)c4O[C@H]2C(=O)CC[C@@]3(O)[C@H]1C5. The van der Waals surface area contributed by atoms with Gasteiger partial charge in [-0.25, -0.2) is 0 Å². The van der Waals surface area contributed by atoms with Gasteiger partial charge in [-0.1, -0.05) is 18.2 Å². The standard InChI is InChI=1S/C21H25NO4/c1-3-9-22-10-8-20-17-13-4-5-14(12-25-2)18(17)26-19(20)15(23)6-7-21(20,24)16(22)11-13/h3-5,16,19,24H,1,6-12H2,2H3/t16-,19+,20+,21-/m1/s1. The van der Waals surface area contributed by atoms with E-state index in [-0.39, 0.29) is 11.8 Å². The Morgan fingerprint density at radius 3 is 3.08 bits per heavy atom. The summed E-state index contributed by atoms with van der Waals surface area (Å²) in [7, 11) is 1.66. The molecule has 2 heterocycles. The van der Waals surface area contributed by atoms with Crippen molar-refractivity contribution in [2.75, 3.05) is 20.2 Å². The van der Waals surface area contributed by atoms with E-state index in [1.165, 1.54) is 5.56 Å². The highest BCUT2D eigenvalue weighted by Crippen LogP contribution is 2.63. The molecule has 5 rings (SSSR count). The lowest BCUT2D eigenvalue weighted by atomic mass is 9.49. The molecule has 4 atom stereocenters. The van der Waals surface area contributed by atoms with Crippen molar-refractivity contribution in [1.29, 1.82) is 0 Å². The quantitative estimate of drug-likeness (QED) is 0.834. The van der Waals surface area contributed by atoms with E-state index in [4.69, 9.17) is 9.47 Å². The Hall–Kier alpha value is -1.69. The van der Waals surface area contributed by atoms with E-state index < -0.39 is 17.1 Å². The lowest BCUT2D eigenvalue weighted by molar-refractivity contribution is -0.187. The third-order valence-electron chi connectivity index (χ3n) is 7.13. The Balaban J connectivity index is 1.76. The molecule has 1 spiro atoms. The first-order valence-corrected chi connectivity index (χ1v) is 9.47. The Labute approximate surface area is 153 Å². The second-order valence-corrected chi connectivity index (χ2v) is 8.13. The van der Waals surface area contributed by atoms with Crippen LogP contribution in [0.2, 0.25) is 0 Å². The van der Waals surface area contributed by atoms with Crippen LogP contribution in [0.25, 0.3) is 0 Å². The van der Waals surface area contributed by atoms with Gasteiger partial charge in [0.25, 0.3) is 0 Å². The second-order valence-electron chi connectivity index (χ2n) is 8.13. The van der Waals surface area contributed by atoms with Crippen LogP contribution in [-0.2, 0) is 28.0 Å². The summed E-state index contributed by atoms with van der Waals surface area (Å²) in [5.41, 5.74) is 1.72. The number of rotatable bonds is 4. The number of hydrogen-bond acceptors (Lipinski definition) is 5. The second kappa shape index (κ2) is 5.41. The van der Waals surface area contributed by atoms with Crippen molar-refractivity contribution in [1.82, 2.24) is 4.90 Å². The predicted molar refractivity (Wildman–Crippen MR) is 96.3 cm³/mol. The Morgan fingerprint density at radius 1 is 1.46 bits per heavy atom. The van der Waals surface area contributed by atoms with Crippen molar-refractivity contribution in [2.24, 2.45) is 0 Å². The van der Waals surface area contributed by atoms with Crippen LogP contribution >= 0.6 is 0 Å². The van der Waals surface area contributed by atoms with Gasteiger partial charge < -0.3 is 14.6 Å². The van der Waals surface area contributed by atoms with E-state index in [1.54, 1.807) is 7.11 Å². The highest BCUT2D eigenvalue weighted by atomic mass is 16.5. The Kier molecular flexibility index (Phi) is 3.43. The number of aliphatic hydroxyl groups is 1. The number of hydrogen-bond donors (Lipinski definition) is 1. The molecule has 138 valence electrons. The van der Waals surface area contributed by atoms with Gasteiger partial charge in [0.15, 0.2) is 11.9 Å². The lowest BCUT2D eigenvalue weighted by Gasteiger charge is -2.62. The van der Waals surface area contributed by atoms with Crippen LogP contribution in [-0.4, -0.2) is 53.7 Å². The zero-order valence-electron chi connectivity index (χ0n) is 15.2. The average molecular weight is 355 g/mol. The third kappa shape index (κ3) is 1.74. The van der Waals surface area contributed by atoms with E-state index >= 15 is 0 Å². The van der Waals surface area contributed by atoms with Crippen molar-refractivity contribution in [3.05, 3.63) is 41.5 Å². The highest BCUT2D eigenvalue weighted by molar-refractivity contribution is 5.89. The zero-order valence-corrected chi connectivity index (χ0v) is 15.2. The van der Waals surface area contributed by atoms with E-state index in [0.717, 1.165) is 42.8 Å². The van der Waals surface area contributed by atoms with Gasteiger partial charge in [-0.15, -0.1) is 6.58 Å². The van der Waals surface area contributed by atoms with Crippen LogP contribution in [0.1, 0.15) is 36.0 Å². The van der Waals surface area contributed by atoms with Crippen molar-refractivity contribution < 1.29 is 19.4 Å². The number of methoxy groups -OCH3 is 1. The van der Waals surface area contributed by atoms with Gasteiger partial charge in [0, 0.05) is 43.8 Å². The van der Waals surface area contributed by atoms with Crippen LogP contribution in [0.5, 0.6) is 5.75 Å². The molecule has 5 nitrogen and oxygen atoms in total. The van der Waals surface area contributed by atoms with Gasteiger partial charge in [0.2, 0.25) is 0 Å². The van der Waals surface area contributed by atoms with E-state index in [0.29, 0.717) is 19.4 Å². The fraction of sp³-hybridized carbons (Fsp3) is 0.571. The molecule has 0 aromatic heterocycles. The molecule has 26 heavy (non-hydrogen) atoms. The maximum atomic E-state index is 12.8. The average Bonchev–Trinajstić information content (AvgIpc) is 2.98. The lowest BCUT2D eigenvalue weighted by Crippen LogP contribution is -2.76. The van der Waals surface area contributed by atoms with Gasteiger partial charge in [0.1, 0.15) is 5.75 Å². The summed E-state index contributed by atoms with van der Waals surface area (Å²) in [4.78, 5) is 15.2. The summed E-state index contributed by atoms with van der Waals surface area (Å²) in [6.45, 7) is 5.93. The Bertz CT molecular complexity index is 805. The van der Waals surface area contributed by atoms with E-state index in [9.17, 15) is 9.90 Å². The minimum atomic E-state index is -0.934. The highest BCUT2D eigenvalue weighted by Gasteiger charge is 2.72. The predicted octanol–water partition coefficient (Wildman–Crippen LogP) is 1.74. The summed E-state index contributed by atoms with van der Waals surface area (Å²) in [5, 5.41) is 12.0. The van der Waals surface area contributed by atoms with Gasteiger partial charge in [-0.3, -0.25) is 9.69 Å². The largest absolute Gasteiger partial charge is 0.481 e. The maximum Gasteiger partial charge on any atom is 0.174 e. The summed E-state index contributed by atoms with van der Waals surface area (Å²) in [6.07, 6.45) is 3.75. The van der Waals surface area contributed by atoms with E-state index in [2.05, 4.69) is 17.5 Å². The third-order valence-corrected chi connectivity index (χ3v) is 7.13. The molecule has 0 amide bonds. The molecule has 1 saturated heterocycles. The summed E-state index contributed by atoms with van der Waals surface area (Å²) in [5.74, 6) is 0.914. The first-order valence-electron chi connectivity index (χ1n) is 9.47. The zero-order chi connectivity index (χ0) is 18.1. The number of benzene rings is 1. The number of likely N-dealkylation sites (tertiary alicyclic amines) is 1. The van der Waals surface area contributed by atoms with Crippen molar-refractivity contribution in [3.8, 4) is 5.75 Å². The number of ketones is 1. The Morgan fingerprint density at radius 2 is 2.31 bits per heavy atom. The van der Waals surface area contributed by atoms with E-state index in [1.807, 2.05) is 12.1 Å². The van der Waals surface area contributed by atoms with Gasteiger partial charge in [-0.2, -0.15) is 0 Å². The van der Waals surface area contributed by atoms with Gasteiger partial charge in [-0.05, 0) is 24.8 Å². The number of nitrogens with zero attached hydrogens (tertiary/aromatic N) is 1. The van der Waals surface area contributed by atoms with Crippen LogP contribution in [0.15, 0.2) is 24.8 Å². The molecule has 2 bridgehead atoms. The van der Waals surface area contributed by atoms with Crippen LogP contribution < -0.4 is 4.74 Å². The minimum Gasteiger partial charge on any atom is -0.481 e. The molecule has 1 N–H and O–H groups in total. The van der Waals surface area contributed by atoms with Gasteiger partial charge in [0.05, 0.1) is 17.6 Å². The molecule has 1 aromatic carbocycles. The molecule has 2 fully saturated rings. The smallest absolute Gasteiger partial charge is 0.174 e. The molecular formula is C21H25NO4. The monoisotopic (exact) mass is 355 g/mol. The molecule has 5 heteroatoms. The number of carbonyl (C=O) groups excluding carboxylic acids is 1. The summed E-state index contributed by atoms with van der Waals surface area (Å²) >= 11 is 0. The van der Waals surface area contributed by atoms with Crippen LogP contribution in [0, 0.1) is 0 Å². The normalized spacial score (nSPS) is 37.2. The van der Waals surface area contributed by atoms with Crippen molar-refractivity contribution in [2.45, 2.75) is 55.5 Å². The van der Waals surface area contributed by atoms with Crippen LogP contribution in [0.3, 0.4) is 0 Å². The minimum absolute atomic E-state index is 0.000162. The first-order chi connectivity index (χ1) is 12.6. The molecule has 0 unspecified atom stereocenters. The molecule has 2 aliphatic heterocycles. The molecule has 1 saturated carbocycles. The topological polar surface area (TPSA) is 59.0 Å². The number of piperidine rings is 1. The maximum absolute atomic E-state index is 12.8. The van der Waals surface area contributed by atoms with Crippen molar-refractivity contribution >= 4 is 5.78 Å². The summed E-state index contributed by atoms with van der Waals surface area (Å²) < 4.78 is 11.7. The molecule has 0 radical (unpaired) electrons. The number of Topliss-reactive ketones (excluding diaryl/α,β-unsaturated/α-hetero) is 1. The molecule has 4 aliphatic rings. The van der Waals surface area contributed by atoms with Crippen molar-refractivity contribution in [3.63, 3.8) is 0 Å². The van der Waals surface area contributed by atoms with Gasteiger partial charge >= 0.3 is 0 Å². The fourth-order valence-corrected chi connectivity index (χ4v) is 6.14. The summed E-state index contributed by atoms with van der Waals surface area (Å²) in [6, 6.07) is 4.19. The molecule has 1 aromatic rings. The number of ether oxygens (including phenoxy) is 2. The molecular weight excluding hydrogens is 330 g/mol.